The van der Waals surface area contributed by atoms with Crippen LogP contribution in [0.5, 0.6) is 0 Å². The Labute approximate surface area is 328 Å². The van der Waals surface area contributed by atoms with Crippen LogP contribution in [0.1, 0.15) is 11.1 Å². The number of rotatable bonds is 8. The summed E-state index contributed by atoms with van der Waals surface area (Å²) in [6.45, 7) is 0. The summed E-state index contributed by atoms with van der Waals surface area (Å²) in [7, 11) is 0. The molecule has 0 saturated heterocycles. The van der Waals surface area contributed by atoms with Crippen molar-refractivity contribution in [2.24, 2.45) is 0 Å². The van der Waals surface area contributed by atoms with E-state index in [1.165, 1.54) is 5.56 Å². The smallest absolute Gasteiger partial charge is 0.0468 e. The summed E-state index contributed by atoms with van der Waals surface area (Å²) in [5.41, 5.74) is 12.4. The topological polar surface area (TPSA) is 6.48 Å². The Bertz CT molecular complexity index is 2900. The molecule has 262 valence electrons. The molecule has 9 rings (SSSR count). The fourth-order valence-corrected chi connectivity index (χ4v) is 7.73. The Morgan fingerprint density at radius 3 is 1.09 bits per heavy atom. The van der Waals surface area contributed by atoms with Crippen LogP contribution in [0.3, 0.4) is 0 Å². The first-order valence-electron chi connectivity index (χ1n) is 18.7. The zero-order valence-corrected chi connectivity index (χ0v) is 30.7. The molecule has 0 fully saturated rings. The van der Waals surface area contributed by atoms with E-state index in [1.807, 2.05) is 24.3 Å². The van der Waals surface area contributed by atoms with Gasteiger partial charge in [-0.15, -0.1) is 12.8 Å². The molecule has 0 aliphatic heterocycles. The van der Waals surface area contributed by atoms with Gasteiger partial charge < -0.3 is 9.80 Å². The van der Waals surface area contributed by atoms with Gasteiger partial charge in [-0.05, 0) is 106 Å². The van der Waals surface area contributed by atoms with Gasteiger partial charge in [-0.1, -0.05) is 145 Å². The lowest BCUT2D eigenvalue weighted by atomic mass is 9.91. The van der Waals surface area contributed by atoms with E-state index < -0.39 is 0 Å². The van der Waals surface area contributed by atoms with E-state index in [4.69, 9.17) is 12.8 Å². The fraction of sp³-hybridized carbons (Fsp3) is 0. The van der Waals surface area contributed by atoms with Crippen LogP contribution >= 0.6 is 0 Å². The predicted octanol–water partition coefficient (Wildman–Crippen LogP) is 14.2. The van der Waals surface area contributed by atoms with Crippen LogP contribution in [0.25, 0.3) is 43.8 Å². The first-order chi connectivity index (χ1) is 27.7. The molecule has 0 radical (unpaired) electrons. The van der Waals surface area contributed by atoms with Gasteiger partial charge in [-0.2, -0.15) is 0 Å². The molecular weight excluding hydrogens is 677 g/mol. The van der Waals surface area contributed by atoms with Crippen molar-refractivity contribution in [3.05, 3.63) is 217 Å². The van der Waals surface area contributed by atoms with Gasteiger partial charge >= 0.3 is 0 Å². The molecule has 0 heterocycles. The number of nitrogens with zero attached hydrogens (tertiary/aromatic N) is 2. The standard InChI is InChI=1S/C54H36N2/c1-3-49-52-35-33-48(56(44-25-15-8-16-26-44)46-27-17-22-42(36-46)40-20-11-6-12-21-40)38-54(52)50(4-2)51-34-32-47(37-53(49)51)55(43-23-13-7-14-24-43)45-30-28-41(29-31-45)39-18-9-5-10-19-39/h1-2,5-38H. The van der Waals surface area contributed by atoms with E-state index in [1.54, 1.807) is 0 Å². The number of fused-ring (bicyclic) bond motifs is 2. The minimum absolute atomic E-state index is 0.812. The number of hydrogen-bond donors (Lipinski definition) is 0. The highest BCUT2D eigenvalue weighted by atomic mass is 15.1. The average molecular weight is 713 g/mol. The second-order valence-corrected chi connectivity index (χ2v) is 13.7. The quantitative estimate of drug-likeness (QED) is 0.114. The van der Waals surface area contributed by atoms with Gasteiger partial charge in [0.2, 0.25) is 0 Å². The Hall–Kier alpha value is -7.78. The Kier molecular flexibility index (Phi) is 9.06. The molecule has 0 unspecified atom stereocenters. The molecule has 0 aliphatic rings. The Morgan fingerprint density at radius 2 is 0.607 bits per heavy atom. The number of para-hydroxylation sites is 2. The average Bonchev–Trinajstić information content (AvgIpc) is 3.27. The lowest BCUT2D eigenvalue weighted by molar-refractivity contribution is 1.29. The highest BCUT2D eigenvalue weighted by Crippen LogP contribution is 2.43. The van der Waals surface area contributed by atoms with Crippen LogP contribution < -0.4 is 9.80 Å². The maximum atomic E-state index is 6.42. The van der Waals surface area contributed by atoms with E-state index in [0.717, 1.165) is 83.5 Å². The summed E-state index contributed by atoms with van der Waals surface area (Å²) < 4.78 is 0. The summed E-state index contributed by atoms with van der Waals surface area (Å²) in [6, 6.07) is 72.0. The molecule has 0 N–H and O–H groups in total. The van der Waals surface area contributed by atoms with Gasteiger partial charge in [0.15, 0.2) is 0 Å². The van der Waals surface area contributed by atoms with Crippen LogP contribution in [-0.4, -0.2) is 0 Å². The van der Waals surface area contributed by atoms with Gasteiger partial charge in [0, 0.05) is 56.0 Å². The lowest BCUT2D eigenvalue weighted by Crippen LogP contribution is -2.10. The molecule has 0 spiro atoms. The first kappa shape index (κ1) is 34.0. The van der Waals surface area contributed by atoms with Crippen LogP contribution in [0.15, 0.2) is 206 Å². The zero-order valence-electron chi connectivity index (χ0n) is 30.7. The van der Waals surface area contributed by atoms with Crippen LogP contribution in [0.2, 0.25) is 0 Å². The highest BCUT2D eigenvalue weighted by Gasteiger charge is 2.20. The van der Waals surface area contributed by atoms with Gasteiger partial charge in [0.25, 0.3) is 0 Å². The summed E-state index contributed by atoms with van der Waals surface area (Å²) in [6.07, 6.45) is 12.8. The normalized spacial score (nSPS) is 10.8. The van der Waals surface area contributed by atoms with Gasteiger partial charge in [0.05, 0.1) is 0 Å². The first-order valence-corrected chi connectivity index (χ1v) is 18.7. The number of benzene rings is 9. The molecule has 9 aromatic rings. The van der Waals surface area contributed by atoms with Gasteiger partial charge in [-0.3, -0.25) is 0 Å². The molecule has 2 nitrogen and oxygen atoms in total. The van der Waals surface area contributed by atoms with E-state index in [0.29, 0.717) is 0 Å². The molecule has 0 aliphatic carbocycles. The molecule has 0 atom stereocenters. The number of terminal acetylenes is 2. The van der Waals surface area contributed by atoms with Crippen molar-refractivity contribution in [3.63, 3.8) is 0 Å². The Morgan fingerprint density at radius 1 is 0.268 bits per heavy atom. The third-order valence-electron chi connectivity index (χ3n) is 10.4. The fourth-order valence-electron chi connectivity index (χ4n) is 7.73. The monoisotopic (exact) mass is 712 g/mol. The summed E-state index contributed by atoms with van der Waals surface area (Å²) in [5.74, 6) is 6.15. The third-order valence-corrected chi connectivity index (χ3v) is 10.4. The van der Waals surface area contributed by atoms with E-state index >= 15 is 0 Å². The van der Waals surface area contributed by atoms with Crippen molar-refractivity contribution in [1.82, 2.24) is 0 Å². The molecule has 2 heteroatoms. The summed E-state index contributed by atoms with van der Waals surface area (Å²) in [4.78, 5) is 4.54. The van der Waals surface area contributed by atoms with E-state index in [-0.39, 0.29) is 0 Å². The summed E-state index contributed by atoms with van der Waals surface area (Å²) >= 11 is 0. The third kappa shape index (κ3) is 6.33. The van der Waals surface area contributed by atoms with Crippen LogP contribution in [0.4, 0.5) is 34.1 Å². The van der Waals surface area contributed by atoms with Crippen molar-refractivity contribution in [1.29, 1.82) is 0 Å². The largest absolute Gasteiger partial charge is 0.310 e. The molecule has 0 saturated carbocycles. The van der Waals surface area contributed by atoms with Crippen molar-refractivity contribution in [2.75, 3.05) is 9.80 Å². The minimum atomic E-state index is 0.812. The van der Waals surface area contributed by atoms with E-state index in [2.05, 4.69) is 204 Å². The molecule has 56 heavy (non-hydrogen) atoms. The van der Waals surface area contributed by atoms with Crippen molar-refractivity contribution < 1.29 is 0 Å². The van der Waals surface area contributed by atoms with Crippen LogP contribution in [-0.2, 0) is 0 Å². The highest BCUT2D eigenvalue weighted by molar-refractivity contribution is 6.12. The molecule has 0 amide bonds. The van der Waals surface area contributed by atoms with Gasteiger partial charge in [0.1, 0.15) is 0 Å². The Balaban J connectivity index is 1.19. The molecule has 0 bridgehead atoms. The maximum Gasteiger partial charge on any atom is 0.0468 e. The number of hydrogen-bond acceptors (Lipinski definition) is 2. The molecular formula is C54H36N2. The zero-order chi connectivity index (χ0) is 37.8. The molecule has 0 aromatic heterocycles. The second kappa shape index (κ2) is 14.9. The van der Waals surface area contributed by atoms with Crippen molar-refractivity contribution >= 4 is 55.7 Å². The predicted molar refractivity (Wildman–Crippen MR) is 238 cm³/mol. The van der Waals surface area contributed by atoms with Crippen LogP contribution in [0, 0.1) is 24.7 Å². The van der Waals surface area contributed by atoms with Gasteiger partial charge in [-0.25, -0.2) is 0 Å². The van der Waals surface area contributed by atoms with E-state index in [9.17, 15) is 0 Å². The maximum absolute atomic E-state index is 6.42. The minimum Gasteiger partial charge on any atom is -0.310 e. The molecule has 9 aromatic carbocycles. The van der Waals surface area contributed by atoms with Crippen molar-refractivity contribution in [2.45, 2.75) is 0 Å². The SMILES string of the molecule is C#Cc1c2ccc(N(c3ccccc3)c3cccc(-c4ccccc4)c3)cc2c(C#C)c2ccc(N(c3ccccc3)c3ccc(-c4ccccc4)cc3)cc12. The second-order valence-electron chi connectivity index (χ2n) is 13.7. The summed E-state index contributed by atoms with van der Waals surface area (Å²) in [5, 5.41) is 3.77. The number of anilines is 6. The van der Waals surface area contributed by atoms with Crippen molar-refractivity contribution in [3.8, 4) is 46.9 Å². The lowest BCUT2D eigenvalue weighted by Gasteiger charge is -2.27.